The molecule has 0 saturated heterocycles. The summed E-state index contributed by atoms with van der Waals surface area (Å²) in [7, 11) is 0. The molecule has 2 aromatic rings. The van der Waals surface area contributed by atoms with E-state index in [0.29, 0.717) is 5.56 Å². The SMILES string of the molecule is O=C(NCc1cc(O)ccc1O)OCc1ccccc1. The molecule has 104 valence electrons. The van der Waals surface area contributed by atoms with Crippen LogP contribution < -0.4 is 5.32 Å². The van der Waals surface area contributed by atoms with Gasteiger partial charge in [0, 0.05) is 12.1 Å². The highest BCUT2D eigenvalue weighted by Crippen LogP contribution is 2.21. The molecule has 0 spiro atoms. The topological polar surface area (TPSA) is 78.8 Å². The van der Waals surface area contributed by atoms with Crippen molar-refractivity contribution in [3.8, 4) is 11.5 Å². The molecule has 0 radical (unpaired) electrons. The van der Waals surface area contributed by atoms with E-state index in [9.17, 15) is 15.0 Å². The maximum Gasteiger partial charge on any atom is 0.407 e. The molecule has 0 fully saturated rings. The third-order valence-electron chi connectivity index (χ3n) is 2.70. The largest absolute Gasteiger partial charge is 0.508 e. The molecule has 0 saturated carbocycles. The van der Waals surface area contributed by atoms with E-state index in [1.807, 2.05) is 30.3 Å². The summed E-state index contributed by atoms with van der Waals surface area (Å²) in [5.41, 5.74) is 1.31. The van der Waals surface area contributed by atoms with E-state index < -0.39 is 6.09 Å². The molecule has 1 amide bonds. The number of phenols is 2. The first-order chi connectivity index (χ1) is 9.65. The van der Waals surface area contributed by atoms with Crippen molar-refractivity contribution < 1.29 is 19.7 Å². The Morgan fingerprint density at radius 3 is 2.60 bits per heavy atom. The maximum atomic E-state index is 11.5. The van der Waals surface area contributed by atoms with E-state index >= 15 is 0 Å². The quantitative estimate of drug-likeness (QED) is 0.748. The minimum Gasteiger partial charge on any atom is -0.508 e. The van der Waals surface area contributed by atoms with Gasteiger partial charge in [0.25, 0.3) is 0 Å². The van der Waals surface area contributed by atoms with Gasteiger partial charge in [-0.05, 0) is 23.8 Å². The highest BCUT2D eigenvalue weighted by Gasteiger charge is 2.06. The highest BCUT2D eigenvalue weighted by molar-refractivity contribution is 5.67. The fourth-order valence-corrected chi connectivity index (χ4v) is 1.66. The van der Waals surface area contributed by atoms with Crippen LogP contribution in [-0.4, -0.2) is 16.3 Å². The first kappa shape index (κ1) is 13.7. The molecule has 20 heavy (non-hydrogen) atoms. The van der Waals surface area contributed by atoms with Crippen molar-refractivity contribution in [3.63, 3.8) is 0 Å². The van der Waals surface area contributed by atoms with Crippen LogP contribution in [0.15, 0.2) is 48.5 Å². The van der Waals surface area contributed by atoms with Crippen LogP contribution in [0.4, 0.5) is 4.79 Å². The normalized spacial score (nSPS) is 10.0. The monoisotopic (exact) mass is 273 g/mol. The Kier molecular flexibility index (Phi) is 4.44. The molecule has 0 unspecified atom stereocenters. The summed E-state index contributed by atoms with van der Waals surface area (Å²) in [5, 5.41) is 21.4. The molecule has 2 aromatic carbocycles. The zero-order chi connectivity index (χ0) is 14.4. The number of ether oxygens (including phenoxy) is 1. The van der Waals surface area contributed by atoms with Crippen LogP contribution in [0.1, 0.15) is 11.1 Å². The zero-order valence-corrected chi connectivity index (χ0v) is 10.7. The molecule has 5 heteroatoms. The third kappa shape index (κ3) is 3.91. The zero-order valence-electron chi connectivity index (χ0n) is 10.7. The van der Waals surface area contributed by atoms with Crippen molar-refractivity contribution in [1.82, 2.24) is 5.32 Å². The second-order valence-corrected chi connectivity index (χ2v) is 4.23. The lowest BCUT2D eigenvalue weighted by Crippen LogP contribution is -2.23. The summed E-state index contributed by atoms with van der Waals surface area (Å²) < 4.78 is 5.03. The second kappa shape index (κ2) is 6.47. The number of benzene rings is 2. The number of alkyl carbamates (subject to hydrolysis) is 1. The van der Waals surface area contributed by atoms with Crippen LogP contribution in [-0.2, 0) is 17.9 Å². The van der Waals surface area contributed by atoms with Gasteiger partial charge in [-0.1, -0.05) is 30.3 Å². The molecule has 0 atom stereocenters. The van der Waals surface area contributed by atoms with Gasteiger partial charge in [-0.3, -0.25) is 0 Å². The second-order valence-electron chi connectivity index (χ2n) is 4.23. The predicted molar refractivity (Wildman–Crippen MR) is 73.2 cm³/mol. The molecule has 0 aliphatic heterocycles. The van der Waals surface area contributed by atoms with Crippen LogP contribution in [0.25, 0.3) is 0 Å². The molecule has 0 heterocycles. The number of hydrogen-bond acceptors (Lipinski definition) is 4. The Morgan fingerprint density at radius 1 is 1.10 bits per heavy atom. The molecule has 0 aromatic heterocycles. The van der Waals surface area contributed by atoms with Crippen LogP contribution in [0.3, 0.4) is 0 Å². The first-order valence-corrected chi connectivity index (χ1v) is 6.10. The number of nitrogens with one attached hydrogen (secondary N) is 1. The number of rotatable bonds is 4. The minimum atomic E-state index is -0.586. The van der Waals surface area contributed by atoms with Crippen LogP contribution >= 0.6 is 0 Å². The molecule has 0 aliphatic rings. The van der Waals surface area contributed by atoms with E-state index in [4.69, 9.17) is 4.74 Å². The highest BCUT2D eigenvalue weighted by atomic mass is 16.5. The summed E-state index contributed by atoms with van der Waals surface area (Å²) >= 11 is 0. The molecule has 0 aliphatic carbocycles. The smallest absolute Gasteiger partial charge is 0.407 e. The molecule has 3 N–H and O–H groups in total. The number of hydrogen-bond donors (Lipinski definition) is 3. The molecular formula is C15H15NO4. The van der Waals surface area contributed by atoms with Gasteiger partial charge in [0.2, 0.25) is 0 Å². The minimum absolute atomic E-state index is 0.00570. The fraction of sp³-hybridized carbons (Fsp3) is 0.133. The van der Waals surface area contributed by atoms with Crippen molar-refractivity contribution in [2.75, 3.05) is 0 Å². The van der Waals surface area contributed by atoms with Gasteiger partial charge in [0.05, 0.1) is 0 Å². The third-order valence-corrected chi connectivity index (χ3v) is 2.70. The molecule has 0 bridgehead atoms. The number of carbonyl (C=O) groups is 1. The van der Waals surface area contributed by atoms with E-state index in [1.54, 1.807) is 0 Å². The number of carbonyl (C=O) groups excluding carboxylic acids is 1. The van der Waals surface area contributed by atoms with Crippen LogP contribution in [0.5, 0.6) is 11.5 Å². The van der Waals surface area contributed by atoms with Gasteiger partial charge in [-0.15, -0.1) is 0 Å². The standard InChI is InChI=1S/C15H15NO4/c17-13-6-7-14(18)12(8-13)9-16-15(19)20-10-11-4-2-1-3-5-11/h1-8,17-18H,9-10H2,(H,16,19). The molecule has 5 nitrogen and oxygen atoms in total. The van der Waals surface area contributed by atoms with Crippen LogP contribution in [0.2, 0.25) is 0 Å². The Labute approximate surface area is 116 Å². The van der Waals surface area contributed by atoms with Gasteiger partial charge in [0.15, 0.2) is 0 Å². The number of aromatic hydroxyl groups is 2. The van der Waals surface area contributed by atoms with Crippen molar-refractivity contribution in [3.05, 3.63) is 59.7 Å². The van der Waals surface area contributed by atoms with Gasteiger partial charge in [0.1, 0.15) is 18.1 Å². The van der Waals surface area contributed by atoms with E-state index in [1.165, 1.54) is 18.2 Å². The Hall–Kier alpha value is -2.69. The Bertz CT molecular complexity index is 584. The summed E-state index contributed by atoms with van der Waals surface area (Å²) in [5.74, 6) is 0.0309. The van der Waals surface area contributed by atoms with Crippen molar-refractivity contribution in [2.24, 2.45) is 0 Å². The van der Waals surface area contributed by atoms with Gasteiger partial charge in [-0.2, -0.15) is 0 Å². The fourth-order valence-electron chi connectivity index (χ4n) is 1.66. The molecular weight excluding hydrogens is 258 g/mol. The maximum absolute atomic E-state index is 11.5. The first-order valence-electron chi connectivity index (χ1n) is 6.10. The Morgan fingerprint density at radius 2 is 1.85 bits per heavy atom. The lowest BCUT2D eigenvalue weighted by Gasteiger charge is -2.08. The van der Waals surface area contributed by atoms with Crippen molar-refractivity contribution in [1.29, 1.82) is 0 Å². The lowest BCUT2D eigenvalue weighted by atomic mass is 10.2. The van der Waals surface area contributed by atoms with Crippen molar-refractivity contribution >= 4 is 6.09 Å². The van der Waals surface area contributed by atoms with E-state index in [0.717, 1.165) is 5.56 Å². The average molecular weight is 273 g/mol. The number of phenolic OH excluding ortho intramolecular Hbond substituents is 2. The Balaban J connectivity index is 1.82. The van der Waals surface area contributed by atoms with Crippen molar-refractivity contribution in [2.45, 2.75) is 13.2 Å². The van der Waals surface area contributed by atoms with Crippen LogP contribution in [0, 0.1) is 0 Å². The summed E-state index contributed by atoms with van der Waals surface area (Å²) in [6.45, 7) is 0.256. The van der Waals surface area contributed by atoms with Gasteiger partial charge >= 0.3 is 6.09 Å². The van der Waals surface area contributed by atoms with E-state index in [-0.39, 0.29) is 24.7 Å². The number of amides is 1. The van der Waals surface area contributed by atoms with E-state index in [2.05, 4.69) is 5.32 Å². The predicted octanol–water partition coefficient (Wildman–Crippen LogP) is 2.52. The average Bonchev–Trinajstić information content (AvgIpc) is 2.47. The summed E-state index contributed by atoms with van der Waals surface area (Å²) in [6, 6.07) is 13.4. The lowest BCUT2D eigenvalue weighted by molar-refractivity contribution is 0.139. The van der Waals surface area contributed by atoms with Gasteiger partial charge < -0.3 is 20.3 Å². The summed E-state index contributed by atoms with van der Waals surface area (Å²) in [4.78, 5) is 11.5. The van der Waals surface area contributed by atoms with Gasteiger partial charge in [-0.25, -0.2) is 4.79 Å². The molecule has 2 rings (SSSR count). The summed E-state index contributed by atoms with van der Waals surface area (Å²) in [6.07, 6.45) is -0.586.